The zero-order valence-corrected chi connectivity index (χ0v) is 28.9. The van der Waals surface area contributed by atoms with Crippen molar-refractivity contribution in [1.29, 1.82) is 0 Å². The van der Waals surface area contributed by atoms with Crippen molar-refractivity contribution < 1.29 is 4.42 Å². The molecular formula is C48H29N5O. The Kier molecular flexibility index (Phi) is 6.75. The number of pyridine rings is 1. The van der Waals surface area contributed by atoms with Crippen molar-refractivity contribution in [2.75, 3.05) is 0 Å². The molecular weight excluding hydrogens is 663 g/mol. The number of aromatic nitrogens is 5. The van der Waals surface area contributed by atoms with Crippen molar-refractivity contribution in [3.8, 4) is 51.1 Å². The van der Waals surface area contributed by atoms with Crippen LogP contribution in [0.2, 0.25) is 0 Å². The Morgan fingerprint density at radius 1 is 0.407 bits per heavy atom. The molecule has 0 aliphatic rings. The predicted molar refractivity (Wildman–Crippen MR) is 218 cm³/mol. The smallest absolute Gasteiger partial charge is 0.238 e. The lowest BCUT2D eigenvalue weighted by Gasteiger charge is -2.12. The summed E-state index contributed by atoms with van der Waals surface area (Å²) in [7, 11) is 0. The number of fused-ring (bicyclic) bond motifs is 8. The third kappa shape index (κ3) is 4.81. The number of hydrogen-bond acceptors (Lipinski definition) is 5. The summed E-state index contributed by atoms with van der Waals surface area (Å²) in [6.07, 6.45) is 0. The summed E-state index contributed by atoms with van der Waals surface area (Å²) in [6.45, 7) is 0. The van der Waals surface area contributed by atoms with Gasteiger partial charge in [0.1, 0.15) is 11.3 Å². The summed E-state index contributed by atoms with van der Waals surface area (Å²) in [5.41, 5.74) is 9.52. The van der Waals surface area contributed by atoms with Gasteiger partial charge in [0.25, 0.3) is 0 Å². The zero-order chi connectivity index (χ0) is 35.6. The molecule has 11 rings (SSSR count). The fraction of sp³-hybridized carbons (Fsp3) is 0. The van der Waals surface area contributed by atoms with Crippen LogP contribution in [0.4, 0.5) is 0 Å². The Hall–Kier alpha value is -7.44. The Labute approximate surface area is 309 Å². The van der Waals surface area contributed by atoms with Gasteiger partial charge in [-0.1, -0.05) is 152 Å². The number of furan rings is 1. The molecule has 252 valence electrons. The molecule has 0 N–H and O–H groups in total. The number of para-hydroxylation sites is 1. The lowest BCUT2D eigenvalue weighted by Crippen LogP contribution is -2.07. The molecule has 11 aromatic rings. The first-order chi connectivity index (χ1) is 26.8. The van der Waals surface area contributed by atoms with Gasteiger partial charge in [-0.2, -0.15) is 9.97 Å². The standard InChI is InChI=1S/C48H29N5O/c1-3-12-30(13-4-1)31-22-24-33(25-23-31)35-19-11-20-41-43(35)39-27-26-32-14-7-8-17-36(32)44(39)53(41)48-51-45(34-15-5-2-6-16-34)50-46(52-48)40-29-28-38-37-18-9-10-21-42(37)54-47(38)49-40/h1-29H. The first kappa shape index (κ1) is 30.2. The van der Waals surface area contributed by atoms with E-state index in [0.29, 0.717) is 29.0 Å². The molecule has 0 aliphatic carbocycles. The molecule has 0 unspecified atom stereocenters. The molecule has 4 heterocycles. The van der Waals surface area contributed by atoms with Gasteiger partial charge >= 0.3 is 0 Å². The van der Waals surface area contributed by atoms with Gasteiger partial charge in [0.2, 0.25) is 11.7 Å². The van der Waals surface area contributed by atoms with Crippen molar-refractivity contribution in [3.63, 3.8) is 0 Å². The Bertz CT molecular complexity index is 3200. The Balaban J connectivity index is 1.18. The number of nitrogens with zero attached hydrogens (tertiary/aromatic N) is 5. The molecule has 0 bridgehead atoms. The van der Waals surface area contributed by atoms with E-state index in [-0.39, 0.29) is 0 Å². The van der Waals surface area contributed by atoms with Crippen molar-refractivity contribution in [2.45, 2.75) is 0 Å². The van der Waals surface area contributed by atoms with E-state index in [1.54, 1.807) is 0 Å². The van der Waals surface area contributed by atoms with Gasteiger partial charge in [0.05, 0.1) is 11.0 Å². The summed E-state index contributed by atoms with van der Waals surface area (Å²) >= 11 is 0. The van der Waals surface area contributed by atoms with Gasteiger partial charge in [0, 0.05) is 32.5 Å². The van der Waals surface area contributed by atoms with Crippen LogP contribution in [-0.4, -0.2) is 24.5 Å². The molecule has 0 spiro atoms. The lowest BCUT2D eigenvalue weighted by molar-refractivity contribution is 0.654. The fourth-order valence-corrected chi connectivity index (χ4v) is 7.77. The normalized spacial score (nSPS) is 11.7. The van der Waals surface area contributed by atoms with E-state index >= 15 is 0 Å². The molecule has 0 radical (unpaired) electrons. The van der Waals surface area contributed by atoms with Gasteiger partial charge in [0.15, 0.2) is 11.6 Å². The van der Waals surface area contributed by atoms with E-state index in [4.69, 9.17) is 24.4 Å². The van der Waals surface area contributed by atoms with Crippen molar-refractivity contribution in [2.24, 2.45) is 0 Å². The summed E-state index contributed by atoms with van der Waals surface area (Å²) in [5, 5.41) is 6.48. The molecule has 0 amide bonds. The SMILES string of the molecule is c1ccc(-c2ccc(-c3cccc4c3c3ccc5ccccc5c3n4-c3nc(-c4ccccc4)nc(-c4ccc5c(n4)oc4ccccc45)n3)cc2)cc1. The number of rotatable bonds is 5. The maximum absolute atomic E-state index is 6.20. The molecule has 54 heavy (non-hydrogen) atoms. The summed E-state index contributed by atoms with van der Waals surface area (Å²) in [4.78, 5) is 20.4. The summed E-state index contributed by atoms with van der Waals surface area (Å²) < 4.78 is 8.40. The fourth-order valence-electron chi connectivity index (χ4n) is 7.77. The van der Waals surface area contributed by atoms with Crippen LogP contribution in [0.1, 0.15) is 0 Å². The molecule has 6 nitrogen and oxygen atoms in total. The van der Waals surface area contributed by atoms with Gasteiger partial charge in [-0.3, -0.25) is 4.57 Å². The van der Waals surface area contributed by atoms with Crippen LogP contribution in [0.25, 0.3) is 106 Å². The van der Waals surface area contributed by atoms with Gasteiger partial charge < -0.3 is 4.42 Å². The molecule has 7 aromatic carbocycles. The van der Waals surface area contributed by atoms with E-state index in [1.165, 1.54) is 11.1 Å². The largest absolute Gasteiger partial charge is 0.438 e. The second kappa shape index (κ2) is 12.1. The summed E-state index contributed by atoms with van der Waals surface area (Å²) in [5.74, 6) is 1.53. The highest BCUT2D eigenvalue weighted by Gasteiger charge is 2.22. The van der Waals surface area contributed by atoms with Gasteiger partial charge in [-0.15, -0.1) is 0 Å². The molecule has 0 fully saturated rings. The maximum Gasteiger partial charge on any atom is 0.238 e. The van der Waals surface area contributed by atoms with Crippen LogP contribution in [0.15, 0.2) is 180 Å². The van der Waals surface area contributed by atoms with Crippen LogP contribution >= 0.6 is 0 Å². The minimum absolute atomic E-state index is 0.462. The van der Waals surface area contributed by atoms with E-state index < -0.39 is 0 Å². The second-order valence-electron chi connectivity index (χ2n) is 13.5. The first-order valence-corrected chi connectivity index (χ1v) is 18.0. The van der Waals surface area contributed by atoms with Crippen LogP contribution in [-0.2, 0) is 0 Å². The first-order valence-electron chi connectivity index (χ1n) is 18.0. The monoisotopic (exact) mass is 691 g/mol. The minimum atomic E-state index is 0.462. The van der Waals surface area contributed by atoms with Crippen LogP contribution in [0.3, 0.4) is 0 Å². The average molecular weight is 692 g/mol. The highest BCUT2D eigenvalue weighted by atomic mass is 16.3. The zero-order valence-electron chi connectivity index (χ0n) is 28.9. The van der Waals surface area contributed by atoms with Gasteiger partial charge in [-0.05, 0) is 51.9 Å². The van der Waals surface area contributed by atoms with E-state index in [0.717, 1.165) is 65.6 Å². The molecule has 0 atom stereocenters. The third-order valence-corrected chi connectivity index (χ3v) is 10.3. The van der Waals surface area contributed by atoms with E-state index in [1.807, 2.05) is 66.7 Å². The van der Waals surface area contributed by atoms with E-state index in [9.17, 15) is 0 Å². The van der Waals surface area contributed by atoms with Crippen LogP contribution in [0.5, 0.6) is 0 Å². The van der Waals surface area contributed by atoms with Crippen LogP contribution < -0.4 is 0 Å². The Morgan fingerprint density at radius 2 is 1.07 bits per heavy atom. The molecule has 6 heteroatoms. The van der Waals surface area contributed by atoms with Crippen molar-refractivity contribution in [3.05, 3.63) is 176 Å². The van der Waals surface area contributed by atoms with E-state index in [2.05, 4.69) is 114 Å². The second-order valence-corrected chi connectivity index (χ2v) is 13.5. The molecule has 0 saturated carbocycles. The van der Waals surface area contributed by atoms with Crippen molar-refractivity contribution in [1.82, 2.24) is 24.5 Å². The highest BCUT2D eigenvalue weighted by Crippen LogP contribution is 2.41. The number of hydrogen-bond donors (Lipinski definition) is 0. The molecule has 0 aliphatic heterocycles. The average Bonchev–Trinajstić information content (AvgIpc) is 3.80. The Morgan fingerprint density at radius 3 is 1.91 bits per heavy atom. The van der Waals surface area contributed by atoms with Gasteiger partial charge in [-0.25, -0.2) is 9.97 Å². The summed E-state index contributed by atoms with van der Waals surface area (Å²) in [6, 6.07) is 60.8. The molecule has 0 saturated heterocycles. The highest BCUT2D eigenvalue weighted by molar-refractivity contribution is 6.22. The number of benzene rings is 7. The maximum atomic E-state index is 6.20. The molecule has 4 aromatic heterocycles. The van der Waals surface area contributed by atoms with Crippen molar-refractivity contribution >= 4 is 54.6 Å². The minimum Gasteiger partial charge on any atom is -0.438 e. The third-order valence-electron chi connectivity index (χ3n) is 10.3. The predicted octanol–water partition coefficient (Wildman–Crippen LogP) is 12.1. The van der Waals surface area contributed by atoms with Crippen LogP contribution in [0, 0.1) is 0 Å². The lowest BCUT2D eigenvalue weighted by atomic mass is 9.96. The topological polar surface area (TPSA) is 69.6 Å². The quantitative estimate of drug-likeness (QED) is 0.180.